The highest BCUT2D eigenvalue weighted by atomic mass is 16.5. The van der Waals surface area contributed by atoms with Gasteiger partial charge in [0.15, 0.2) is 0 Å². The number of carbonyl (C=O) groups is 1. The molecule has 31 heavy (non-hydrogen) atoms. The summed E-state index contributed by atoms with van der Waals surface area (Å²) in [6.45, 7) is 11.7. The smallest absolute Gasteiger partial charge is 0.139 e. The van der Waals surface area contributed by atoms with Gasteiger partial charge in [0.25, 0.3) is 0 Å². The van der Waals surface area contributed by atoms with Gasteiger partial charge in [-0.25, -0.2) is 0 Å². The minimum absolute atomic E-state index is 0.112. The zero-order valence-corrected chi connectivity index (χ0v) is 19.5. The van der Waals surface area contributed by atoms with Crippen LogP contribution in [0.15, 0.2) is 53.6 Å². The third-order valence-electron chi connectivity index (χ3n) is 7.00. The Balaban J connectivity index is 1.57. The Kier molecular flexibility index (Phi) is 6.80. The topological polar surface area (TPSA) is 38.8 Å². The fourth-order valence-electron chi connectivity index (χ4n) is 5.39. The molecule has 1 aromatic rings. The van der Waals surface area contributed by atoms with Crippen LogP contribution < -0.4 is 0 Å². The summed E-state index contributed by atoms with van der Waals surface area (Å²) in [5.74, 6) is 1.17. The summed E-state index contributed by atoms with van der Waals surface area (Å²) in [6, 6.07) is 10.5. The lowest BCUT2D eigenvalue weighted by Crippen LogP contribution is -2.54. The molecule has 0 radical (unpaired) electrons. The number of nitrogens with zero attached hydrogens (tertiary/aromatic N) is 1. The van der Waals surface area contributed by atoms with Crippen molar-refractivity contribution in [3.8, 4) is 0 Å². The highest BCUT2D eigenvalue weighted by molar-refractivity contribution is 5.83. The number of ketones is 1. The van der Waals surface area contributed by atoms with Gasteiger partial charge >= 0.3 is 0 Å². The first kappa shape index (κ1) is 22.4. The van der Waals surface area contributed by atoms with Gasteiger partial charge in [-0.15, -0.1) is 0 Å². The van der Waals surface area contributed by atoms with E-state index in [0.717, 1.165) is 31.5 Å². The molecule has 2 heterocycles. The normalized spacial score (nSPS) is 31.1. The van der Waals surface area contributed by atoms with E-state index in [1.807, 2.05) is 25.1 Å². The van der Waals surface area contributed by atoms with Crippen molar-refractivity contribution in [2.24, 2.45) is 11.8 Å². The molecule has 2 aliphatic heterocycles. The van der Waals surface area contributed by atoms with E-state index in [-0.39, 0.29) is 18.1 Å². The van der Waals surface area contributed by atoms with Crippen LogP contribution in [0.5, 0.6) is 0 Å². The van der Waals surface area contributed by atoms with E-state index in [1.54, 1.807) is 0 Å². The second-order valence-corrected chi connectivity index (χ2v) is 9.88. The summed E-state index contributed by atoms with van der Waals surface area (Å²) >= 11 is 0. The number of hydrogen-bond acceptors (Lipinski definition) is 4. The molecule has 0 amide bonds. The Morgan fingerprint density at radius 1 is 1.23 bits per heavy atom. The Bertz CT molecular complexity index is 843. The molecule has 2 saturated heterocycles. The van der Waals surface area contributed by atoms with Gasteiger partial charge in [0.05, 0.1) is 6.61 Å². The number of piperidine rings is 2. The quantitative estimate of drug-likeness (QED) is 0.622. The van der Waals surface area contributed by atoms with Gasteiger partial charge in [0.2, 0.25) is 0 Å². The van der Waals surface area contributed by atoms with E-state index in [4.69, 9.17) is 9.47 Å². The summed E-state index contributed by atoms with van der Waals surface area (Å²) in [4.78, 5) is 15.5. The maximum atomic E-state index is 13.0. The SMILES string of the molecule is CCOC1C=C2CCN3CC(CC(C)C)C(=O)CC3C2=CC1(C)OCc1ccccc1. The van der Waals surface area contributed by atoms with Gasteiger partial charge in [0, 0.05) is 38.1 Å². The van der Waals surface area contributed by atoms with Crippen LogP contribution in [0.2, 0.25) is 0 Å². The van der Waals surface area contributed by atoms with Crippen LogP contribution in [0.25, 0.3) is 0 Å². The van der Waals surface area contributed by atoms with E-state index < -0.39 is 5.60 Å². The molecule has 1 aliphatic carbocycles. The summed E-state index contributed by atoms with van der Waals surface area (Å²) in [5.41, 5.74) is 3.23. The van der Waals surface area contributed by atoms with Crippen molar-refractivity contribution in [3.63, 3.8) is 0 Å². The standard InChI is InChI=1S/C27H37NO3/c1-5-30-26-14-21-11-12-28-17-22(13-19(2)3)25(29)15-24(28)23(21)16-27(26,4)31-18-20-9-7-6-8-10-20/h6-10,14,16,19,22,24,26H,5,11-13,15,17-18H2,1-4H3. The third-order valence-corrected chi connectivity index (χ3v) is 7.00. The Morgan fingerprint density at radius 2 is 2.00 bits per heavy atom. The van der Waals surface area contributed by atoms with E-state index in [9.17, 15) is 4.79 Å². The van der Waals surface area contributed by atoms with Crippen molar-refractivity contribution in [3.05, 3.63) is 59.2 Å². The van der Waals surface area contributed by atoms with Gasteiger partial charge in [-0.3, -0.25) is 9.69 Å². The molecule has 3 aliphatic rings. The van der Waals surface area contributed by atoms with Crippen molar-refractivity contribution < 1.29 is 14.3 Å². The lowest BCUT2D eigenvalue weighted by atomic mass is 9.74. The van der Waals surface area contributed by atoms with Crippen LogP contribution >= 0.6 is 0 Å². The number of fused-ring (bicyclic) bond motifs is 3. The van der Waals surface area contributed by atoms with Crippen LogP contribution in [0, 0.1) is 11.8 Å². The molecule has 4 rings (SSSR count). The molecule has 0 bridgehead atoms. The molecule has 0 N–H and O–H groups in total. The van der Waals surface area contributed by atoms with Gasteiger partial charge < -0.3 is 9.47 Å². The zero-order valence-electron chi connectivity index (χ0n) is 19.5. The van der Waals surface area contributed by atoms with E-state index in [2.05, 4.69) is 50.0 Å². The zero-order chi connectivity index (χ0) is 22.0. The minimum atomic E-state index is -0.550. The van der Waals surface area contributed by atoms with E-state index >= 15 is 0 Å². The monoisotopic (exact) mass is 423 g/mol. The molecular weight excluding hydrogens is 386 g/mol. The number of carbonyl (C=O) groups excluding carboxylic acids is 1. The molecule has 4 atom stereocenters. The van der Waals surface area contributed by atoms with Crippen LogP contribution in [-0.4, -0.2) is 48.1 Å². The number of Topliss-reactive ketones (excluding diaryl/α,β-unsaturated/α-hetero) is 1. The van der Waals surface area contributed by atoms with Gasteiger partial charge in [-0.05, 0) is 61.5 Å². The van der Waals surface area contributed by atoms with Crippen molar-refractivity contribution in [1.29, 1.82) is 0 Å². The van der Waals surface area contributed by atoms with Crippen molar-refractivity contribution in [2.75, 3.05) is 19.7 Å². The summed E-state index contributed by atoms with van der Waals surface area (Å²) in [6.07, 6.45) is 7.07. The number of hydrogen-bond donors (Lipinski definition) is 0. The predicted molar refractivity (Wildman–Crippen MR) is 124 cm³/mol. The first-order valence-corrected chi connectivity index (χ1v) is 11.9. The van der Waals surface area contributed by atoms with Crippen LogP contribution in [0.4, 0.5) is 0 Å². The largest absolute Gasteiger partial charge is 0.371 e. The van der Waals surface area contributed by atoms with E-state index in [0.29, 0.717) is 31.3 Å². The molecule has 0 aromatic heterocycles. The maximum absolute atomic E-state index is 13.0. The Labute approximate surface area is 187 Å². The highest BCUT2D eigenvalue weighted by Gasteiger charge is 2.44. The summed E-state index contributed by atoms with van der Waals surface area (Å²) in [5, 5.41) is 0. The fraction of sp³-hybridized carbons (Fsp3) is 0.593. The molecule has 4 nitrogen and oxygen atoms in total. The third kappa shape index (κ3) is 4.87. The molecule has 1 aromatic carbocycles. The molecule has 0 spiro atoms. The molecular formula is C27H37NO3. The van der Waals surface area contributed by atoms with E-state index in [1.165, 1.54) is 11.1 Å². The predicted octanol–water partition coefficient (Wildman–Crippen LogP) is 4.94. The maximum Gasteiger partial charge on any atom is 0.139 e. The minimum Gasteiger partial charge on any atom is -0.371 e. The highest BCUT2D eigenvalue weighted by Crippen LogP contribution is 2.42. The molecule has 4 heteroatoms. The number of ether oxygens (including phenoxy) is 2. The Hall–Kier alpha value is -1.75. The molecule has 0 saturated carbocycles. The Morgan fingerprint density at radius 3 is 2.71 bits per heavy atom. The van der Waals surface area contributed by atoms with Crippen LogP contribution in [0.1, 0.15) is 52.5 Å². The second kappa shape index (κ2) is 9.40. The van der Waals surface area contributed by atoms with Crippen LogP contribution in [0.3, 0.4) is 0 Å². The molecule has 2 fully saturated rings. The van der Waals surface area contributed by atoms with Crippen molar-refractivity contribution >= 4 is 5.78 Å². The van der Waals surface area contributed by atoms with Gasteiger partial charge in [-0.2, -0.15) is 0 Å². The lowest BCUT2D eigenvalue weighted by molar-refractivity contribution is -0.128. The first-order chi connectivity index (χ1) is 14.9. The fourth-order valence-corrected chi connectivity index (χ4v) is 5.39. The van der Waals surface area contributed by atoms with Crippen LogP contribution in [-0.2, 0) is 20.9 Å². The van der Waals surface area contributed by atoms with Gasteiger partial charge in [-0.1, -0.05) is 44.2 Å². The average molecular weight is 424 g/mol. The lowest BCUT2D eigenvalue weighted by Gasteiger charge is -2.48. The first-order valence-electron chi connectivity index (χ1n) is 11.9. The number of rotatable bonds is 7. The van der Waals surface area contributed by atoms with Crippen molar-refractivity contribution in [1.82, 2.24) is 4.90 Å². The van der Waals surface area contributed by atoms with Crippen molar-refractivity contribution in [2.45, 2.75) is 71.3 Å². The summed E-state index contributed by atoms with van der Waals surface area (Å²) < 4.78 is 12.6. The number of benzene rings is 1. The average Bonchev–Trinajstić information content (AvgIpc) is 2.74. The molecule has 168 valence electrons. The summed E-state index contributed by atoms with van der Waals surface area (Å²) in [7, 11) is 0. The second-order valence-electron chi connectivity index (χ2n) is 9.88. The van der Waals surface area contributed by atoms with Gasteiger partial charge in [0.1, 0.15) is 17.5 Å². The molecule has 4 unspecified atom stereocenters.